The standard InChI is InChI=1S/C12H12N2O3/c1-8(14(15)16)5-9-7-13-12-6-10(17-2)3-4-11(9)12/h3-7,13H,1-2H3. The van der Waals surface area contributed by atoms with Gasteiger partial charge in [0.15, 0.2) is 0 Å². The summed E-state index contributed by atoms with van der Waals surface area (Å²) in [6.07, 6.45) is 3.29. The first-order chi connectivity index (χ1) is 8.11. The van der Waals surface area contributed by atoms with Gasteiger partial charge in [-0.1, -0.05) is 0 Å². The molecular weight excluding hydrogens is 220 g/mol. The lowest BCUT2D eigenvalue weighted by molar-refractivity contribution is -0.422. The highest BCUT2D eigenvalue weighted by Crippen LogP contribution is 2.24. The lowest BCUT2D eigenvalue weighted by Crippen LogP contribution is -1.92. The van der Waals surface area contributed by atoms with E-state index in [1.165, 1.54) is 6.92 Å². The van der Waals surface area contributed by atoms with E-state index in [0.717, 1.165) is 22.2 Å². The number of hydrogen-bond acceptors (Lipinski definition) is 3. The number of methoxy groups -OCH3 is 1. The van der Waals surface area contributed by atoms with E-state index in [0.29, 0.717) is 0 Å². The van der Waals surface area contributed by atoms with E-state index < -0.39 is 4.92 Å². The molecule has 0 spiro atoms. The van der Waals surface area contributed by atoms with Crippen molar-refractivity contribution in [2.75, 3.05) is 7.11 Å². The molecule has 5 heteroatoms. The van der Waals surface area contributed by atoms with Crippen molar-refractivity contribution in [1.82, 2.24) is 4.98 Å². The minimum Gasteiger partial charge on any atom is -0.497 e. The van der Waals surface area contributed by atoms with Crippen LogP contribution in [0.15, 0.2) is 30.1 Å². The predicted octanol–water partition coefficient (Wildman–Crippen LogP) is 2.81. The maximum Gasteiger partial charge on any atom is 0.243 e. The average molecular weight is 232 g/mol. The molecule has 0 saturated heterocycles. The third-order valence-corrected chi connectivity index (χ3v) is 2.57. The molecule has 1 aromatic heterocycles. The first kappa shape index (κ1) is 11.2. The molecule has 1 heterocycles. The molecule has 2 rings (SSSR count). The summed E-state index contributed by atoms with van der Waals surface area (Å²) in [5.74, 6) is 0.751. The molecule has 0 atom stereocenters. The van der Waals surface area contributed by atoms with Gasteiger partial charge in [-0.3, -0.25) is 10.1 Å². The Balaban J connectivity index is 2.50. The van der Waals surface area contributed by atoms with Gasteiger partial charge in [0.2, 0.25) is 5.70 Å². The number of rotatable bonds is 3. The Morgan fingerprint density at radius 3 is 2.94 bits per heavy atom. The van der Waals surface area contributed by atoms with Gasteiger partial charge >= 0.3 is 0 Å². The molecule has 1 aromatic carbocycles. The zero-order valence-electron chi connectivity index (χ0n) is 9.56. The van der Waals surface area contributed by atoms with Crippen molar-refractivity contribution in [3.8, 4) is 5.75 Å². The van der Waals surface area contributed by atoms with Crippen LogP contribution in [0.1, 0.15) is 12.5 Å². The molecule has 0 unspecified atom stereocenters. The quantitative estimate of drug-likeness (QED) is 0.653. The summed E-state index contributed by atoms with van der Waals surface area (Å²) in [6, 6.07) is 5.56. The maximum atomic E-state index is 10.6. The molecule has 0 fully saturated rings. The van der Waals surface area contributed by atoms with Crippen LogP contribution < -0.4 is 4.74 Å². The van der Waals surface area contributed by atoms with Crippen molar-refractivity contribution in [2.45, 2.75) is 6.92 Å². The van der Waals surface area contributed by atoms with Gasteiger partial charge in [-0.25, -0.2) is 0 Å². The number of ether oxygens (including phenoxy) is 1. The molecule has 17 heavy (non-hydrogen) atoms. The number of aromatic nitrogens is 1. The van der Waals surface area contributed by atoms with Gasteiger partial charge in [-0.05, 0) is 12.1 Å². The van der Waals surface area contributed by atoms with Crippen LogP contribution in [0, 0.1) is 10.1 Å². The van der Waals surface area contributed by atoms with Crippen molar-refractivity contribution in [2.24, 2.45) is 0 Å². The highest BCUT2D eigenvalue weighted by atomic mass is 16.6. The summed E-state index contributed by atoms with van der Waals surface area (Å²) in [6.45, 7) is 1.47. The normalized spacial score (nSPS) is 11.8. The lowest BCUT2D eigenvalue weighted by Gasteiger charge is -1.98. The number of fused-ring (bicyclic) bond motifs is 1. The average Bonchev–Trinajstić information content (AvgIpc) is 2.71. The SMILES string of the molecule is COc1ccc2c(C=C(C)[N+](=O)[O-])c[nH]c2c1. The van der Waals surface area contributed by atoms with E-state index in [1.54, 1.807) is 19.4 Å². The van der Waals surface area contributed by atoms with Gasteiger partial charge in [-0.15, -0.1) is 0 Å². The van der Waals surface area contributed by atoms with Crippen LogP contribution in [0.3, 0.4) is 0 Å². The van der Waals surface area contributed by atoms with Crippen molar-refractivity contribution in [1.29, 1.82) is 0 Å². The summed E-state index contributed by atoms with van der Waals surface area (Å²) in [4.78, 5) is 13.2. The largest absolute Gasteiger partial charge is 0.497 e. The van der Waals surface area contributed by atoms with Crippen molar-refractivity contribution in [3.05, 3.63) is 45.8 Å². The first-order valence-corrected chi connectivity index (χ1v) is 5.09. The highest BCUT2D eigenvalue weighted by molar-refractivity contribution is 5.89. The van der Waals surface area contributed by atoms with Crippen LogP contribution >= 0.6 is 0 Å². The summed E-state index contributed by atoms with van der Waals surface area (Å²) in [5, 5.41) is 11.5. The van der Waals surface area contributed by atoms with Crippen LogP contribution in [0.5, 0.6) is 5.75 Å². The summed E-state index contributed by atoms with van der Waals surface area (Å²) < 4.78 is 5.11. The van der Waals surface area contributed by atoms with Crippen molar-refractivity contribution in [3.63, 3.8) is 0 Å². The zero-order valence-corrected chi connectivity index (χ0v) is 9.56. The predicted molar refractivity (Wildman–Crippen MR) is 65.5 cm³/mol. The van der Waals surface area contributed by atoms with Crippen LogP contribution in [0.2, 0.25) is 0 Å². The number of nitro groups is 1. The minimum absolute atomic E-state index is 0.113. The second kappa shape index (κ2) is 4.29. The fraction of sp³-hybridized carbons (Fsp3) is 0.167. The second-order valence-electron chi connectivity index (χ2n) is 3.70. The zero-order chi connectivity index (χ0) is 12.4. The molecule has 0 radical (unpaired) electrons. The van der Waals surface area contributed by atoms with Gasteiger partial charge in [0.25, 0.3) is 0 Å². The van der Waals surface area contributed by atoms with Gasteiger partial charge in [-0.2, -0.15) is 0 Å². The molecule has 0 aliphatic carbocycles. The van der Waals surface area contributed by atoms with E-state index in [2.05, 4.69) is 4.98 Å². The fourth-order valence-electron chi connectivity index (χ4n) is 1.65. The molecule has 0 aliphatic heterocycles. The molecule has 88 valence electrons. The molecule has 0 saturated carbocycles. The first-order valence-electron chi connectivity index (χ1n) is 5.09. The minimum atomic E-state index is -0.400. The Morgan fingerprint density at radius 2 is 2.29 bits per heavy atom. The molecule has 5 nitrogen and oxygen atoms in total. The van der Waals surface area contributed by atoms with Gasteiger partial charge in [0.1, 0.15) is 5.75 Å². The molecule has 1 N–H and O–H groups in total. The molecule has 0 bridgehead atoms. The van der Waals surface area contributed by atoms with Gasteiger partial charge < -0.3 is 9.72 Å². The van der Waals surface area contributed by atoms with Gasteiger partial charge in [0, 0.05) is 41.7 Å². The van der Waals surface area contributed by atoms with E-state index in [1.807, 2.05) is 18.2 Å². The third-order valence-electron chi connectivity index (χ3n) is 2.57. The number of allylic oxidation sites excluding steroid dienone is 1. The smallest absolute Gasteiger partial charge is 0.243 e. The molecular formula is C12H12N2O3. The number of H-pyrrole nitrogens is 1. The van der Waals surface area contributed by atoms with Crippen LogP contribution in [0.25, 0.3) is 17.0 Å². The highest BCUT2D eigenvalue weighted by Gasteiger charge is 2.07. The summed E-state index contributed by atoms with van der Waals surface area (Å²) >= 11 is 0. The monoisotopic (exact) mass is 232 g/mol. The van der Waals surface area contributed by atoms with Gasteiger partial charge in [0.05, 0.1) is 12.0 Å². The van der Waals surface area contributed by atoms with E-state index >= 15 is 0 Å². The number of nitrogens with one attached hydrogen (secondary N) is 1. The van der Waals surface area contributed by atoms with Crippen molar-refractivity contribution >= 4 is 17.0 Å². The number of aromatic amines is 1. The Morgan fingerprint density at radius 1 is 1.53 bits per heavy atom. The van der Waals surface area contributed by atoms with E-state index in [-0.39, 0.29) is 5.70 Å². The summed E-state index contributed by atoms with van der Waals surface area (Å²) in [5.41, 5.74) is 1.81. The third kappa shape index (κ3) is 2.13. The Labute approximate surface area is 97.9 Å². The lowest BCUT2D eigenvalue weighted by atomic mass is 10.1. The molecule has 0 amide bonds. The number of nitrogens with zero attached hydrogens (tertiary/aromatic N) is 1. The van der Waals surface area contributed by atoms with Crippen LogP contribution in [-0.2, 0) is 0 Å². The Hall–Kier alpha value is -2.30. The molecule has 2 aromatic rings. The summed E-state index contributed by atoms with van der Waals surface area (Å²) in [7, 11) is 1.60. The second-order valence-corrected chi connectivity index (χ2v) is 3.70. The van der Waals surface area contributed by atoms with Crippen LogP contribution in [-0.4, -0.2) is 17.0 Å². The Bertz CT molecular complexity index is 599. The van der Waals surface area contributed by atoms with E-state index in [4.69, 9.17) is 4.74 Å². The number of hydrogen-bond donors (Lipinski definition) is 1. The van der Waals surface area contributed by atoms with Crippen LogP contribution in [0.4, 0.5) is 0 Å². The fourth-order valence-corrected chi connectivity index (χ4v) is 1.65. The number of benzene rings is 1. The maximum absolute atomic E-state index is 10.6. The Kier molecular flexibility index (Phi) is 2.82. The van der Waals surface area contributed by atoms with Crippen molar-refractivity contribution < 1.29 is 9.66 Å². The molecule has 0 aliphatic rings. The topological polar surface area (TPSA) is 68.2 Å². The van der Waals surface area contributed by atoms with E-state index in [9.17, 15) is 10.1 Å².